The molecule has 1 amide bonds. The van der Waals surface area contributed by atoms with E-state index in [0.717, 1.165) is 5.06 Å². The van der Waals surface area contributed by atoms with Gasteiger partial charge in [-0.25, -0.2) is 9.63 Å². The molecule has 0 aromatic carbocycles. The molecule has 0 rings (SSSR count). The van der Waals surface area contributed by atoms with E-state index in [0.29, 0.717) is 32.8 Å². The van der Waals surface area contributed by atoms with Crippen LogP contribution in [0.5, 0.6) is 0 Å². The molecule has 9 nitrogen and oxygen atoms in total. The van der Waals surface area contributed by atoms with Crippen molar-refractivity contribution in [3.63, 3.8) is 0 Å². The van der Waals surface area contributed by atoms with E-state index >= 15 is 0 Å². The molecule has 10 heteroatoms. The van der Waals surface area contributed by atoms with Crippen molar-refractivity contribution in [3.05, 3.63) is 0 Å². The zero-order chi connectivity index (χ0) is 20.9. The van der Waals surface area contributed by atoms with E-state index in [4.69, 9.17) is 32.3 Å². The Labute approximate surface area is 164 Å². The lowest BCUT2D eigenvalue weighted by Gasteiger charge is -2.40. The van der Waals surface area contributed by atoms with Crippen LogP contribution in [0.1, 0.15) is 54.9 Å². The molecular weight excluding hydrogens is 374 g/mol. The normalized spacial score (nSPS) is 15.3. The molecule has 0 N–H and O–H groups in total. The summed E-state index contributed by atoms with van der Waals surface area (Å²) in [7, 11) is -1.81. The second kappa shape index (κ2) is 14.3. The molecule has 0 spiro atoms. The number of hydrogen-bond acceptors (Lipinski definition) is 8. The van der Waals surface area contributed by atoms with Crippen LogP contribution < -0.4 is 0 Å². The Bertz CT molecular complexity index is 384. The number of hydroxylamine groups is 2. The standard InChI is InChI=1S/C17H37NO8Si/c1-9-16(27(22-11-3,23-12-4)24-13-5)18(26-14(6)20-8)17(19)25-15(7)21-10-2/h14-16H,9-13H2,1-8H3. The fourth-order valence-electron chi connectivity index (χ4n) is 2.49. The van der Waals surface area contributed by atoms with Crippen LogP contribution in [-0.4, -0.2) is 71.7 Å². The SMILES string of the molecule is CCOC(C)OC(=O)N(OC(C)OC)C(CC)[Si](OCC)(OCC)OCC. The Balaban J connectivity index is 5.82. The first-order valence-corrected chi connectivity index (χ1v) is 11.4. The fourth-order valence-corrected chi connectivity index (χ4v) is 5.47. The van der Waals surface area contributed by atoms with Crippen molar-refractivity contribution < 1.29 is 37.1 Å². The average Bonchev–Trinajstić information content (AvgIpc) is 2.62. The molecule has 0 fully saturated rings. The van der Waals surface area contributed by atoms with Crippen molar-refractivity contribution in [1.82, 2.24) is 5.06 Å². The summed E-state index contributed by atoms with van der Waals surface area (Å²) in [6, 6.07) is 0. The number of nitrogens with zero attached hydrogens (tertiary/aromatic N) is 1. The average molecular weight is 412 g/mol. The van der Waals surface area contributed by atoms with Crippen LogP contribution in [0.15, 0.2) is 0 Å². The Morgan fingerprint density at radius 2 is 1.41 bits per heavy atom. The molecule has 0 aliphatic carbocycles. The monoisotopic (exact) mass is 411 g/mol. The van der Waals surface area contributed by atoms with E-state index in [1.54, 1.807) is 13.8 Å². The zero-order valence-electron chi connectivity index (χ0n) is 18.0. The van der Waals surface area contributed by atoms with Gasteiger partial charge < -0.3 is 27.5 Å². The van der Waals surface area contributed by atoms with Crippen LogP contribution in [-0.2, 0) is 32.3 Å². The minimum Gasteiger partial charge on any atom is -0.418 e. The molecule has 3 unspecified atom stereocenters. The third-order valence-electron chi connectivity index (χ3n) is 3.56. The van der Waals surface area contributed by atoms with Gasteiger partial charge in [-0.2, -0.15) is 5.06 Å². The molecule has 162 valence electrons. The highest BCUT2D eigenvalue weighted by Gasteiger charge is 2.54. The van der Waals surface area contributed by atoms with E-state index in [2.05, 4.69) is 0 Å². The molecule has 0 heterocycles. The van der Waals surface area contributed by atoms with Gasteiger partial charge in [0.15, 0.2) is 6.29 Å². The van der Waals surface area contributed by atoms with Gasteiger partial charge in [-0.15, -0.1) is 0 Å². The van der Waals surface area contributed by atoms with Crippen LogP contribution in [0, 0.1) is 0 Å². The summed E-state index contributed by atoms with van der Waals surface area (Å²) in [5, 5.41) is 1.11. The quantitative estimate of drug-likeness (QED) is 0.231. The number of carbonyl (C=O) groups is 1. The second-order valence-electron chi connectivity index (χ2n) is 5.47. The van der Waals surface area contributed by atoms with Crippen molar-refractivity contribution in [3.8, 4) is 0 Å². The molecule has 0 aromatic rings. The van der Waals surface area contributed by atoms with Gasteiger partial charge in [-0.3, -0.25) is 0 Å². The summed E-state index contributed by atoms with van der Waals surface area (Å²) < 4.78 is 33.7. The molecule has 3 atom stereocenters. The highest BCUT2D eigenvalue weighted by molar-refractivity contribution is 6.62. The summed E-state index contributed by atoms with van der Waals surface area (Å²) in [6.45, 7) is 14.1. The van der Waals surface area contributed by atoms with E-state index in [1.807, 2.05) is 34.6 Å². The van der Waals surface area contributed by atoms with Gasteiger partial charge in [-0.1, -0.05) is 6.92 Å². The summed E-state index contributed by atoms with van der Waals surface area (Å²) in [6.07, 6.45) is -1.67. The Hall–Kier alpha value is -0.753. The molecule has 0 saturated heterocycles. The Morgan fingerprint density at radius 3 is 1.78 bits per heavy atom. The topological polar surface area (TPSA) is 84.9 Å². The number of hydrogen-bond donors (Lipinski definition) is 0. The lowest BCUT2D eigenvalue weighted by Crippen LogP contribution is -2.64. The molecule has 0 saturated carbocycles. The van der Waals surface area contributed by atoms with Crippen molar-refractivity contribution >= 4 is 14.9 Å². The molecular formula is C17H37NO8Si. The first-order valence-electron chi connectivity index (χ1n) is 9.58. The van der Waals surface area contributed by atoms with Crippen LogP contribution in [0.3, 0.4) is 0 Å². The van der Waals surface area contributed by atoms with Gasteiger partial charge in [0.1, 0.15) is 5.67 Å². The van der Waals surface area contributed by atoms with Crippen molar-refractivity contribution in [2.45, 2.75) is 73.1 Å². The maximum atomic E-state index is 12.8. The van der Waals surface area contributed by atoms with Gasteiger partial charge in [0.2, 0.25) is 6.29 Å². The lowest BCUT2D eigenvalue weighted by atomic mass is 10.5. The number of rotatable bonds is 15. The molecule has 0 aliphatic rings. The second-order valence-corrected chi connectivity index (χ2v) is 8.21. The van der Waals surface area contributed by atoms with Gasteiger partial charge in [-0.05, 0) is 48.0 Å². The zero-order valence-corrected chi connectivity index (χ0v) is 19.0. The Kier molecular flexibility index (Phi) is 13.9. The van der Waals surface area contributed by atoms with Gasteiger partial charge in [0, 0.05) is 33.5 Å². The molecule has 0 aromatic heterocycles. The predicted molar refractivity (Wildman–Crippen MR) is 102 cm³/mol. The third kappa shape index (κ3) is 8.42. The van der Waals surface area contributed by atoms with Crippen LogP contribution in [0.4, 0.5) is 4.79 Å². The summed E-state index contributed by atoms with van der Waals surface area (Å²) in [4.78, 5) is 18.6. The van der Waals surface area contributed by atoms with Crippen molar-refractivity contribution in [1.29, 1.82) is 0 Å². The van der Waals surface area contributed by atoms with Crippen LogP contribution in [0.2, 0.25) is 0 Å². The highest BCUT2D eigenvalue weighted by atomic mass is 28.4. The lowest BCUT2D eigenvalue weighted by molar-refractivity contribution is -0.265. The smallest absolute Gasteiger partial charge is 0.418 e. The van der Waals surface area contributed by atoms with E-state index in [1.165, 1.54) is 7.11 Å². The predicted octanol–water partition coefficient (Wildman–Crippen LogP) is 3.10. The summed E-state index contributed by atoms with van der Waals surface area (Å²) in [5.74, 6) is 0. The third-order valence-corrected chi connectivity index (χ3v) is 7.09. The van der Waals surface area contributed by atoms with Gasteiger partial charge >= 0.3 is 14.9 Å². The number of carbonyl (C=O) groups excluding carboxylic acids is 1. The fraction of sp³-hybridized carbons (Fsp3) is 0.941. The van der Waals surface area contributed by atoms with Crippen molar-refractivity contribution in [2.24, 2.45) is 0 Å². The van der Waals surface area contributed by atoms with Gasteiger partial charge in [0.25, 0.3) is 0 Å². The maximum Gasteiger partial charge on any atom is 0.527 e. The first-order chi connectivity index (χ1) is 12.8. The van der Waals surface area contributed by atoms with Crippen LogP contribution >= 0.6 is 0 Å². The molecule has 0 radical (unpaired) electrons. The highest BCUT2D eigenvalue weighted by Crippen LogP contribution is 2.25. The summed E-state index contributed by atoms with van der Waals surface area (Å²) in [5.41, 5.74) is -0.615. The maximum absolute atomic E-state index is 12.8. The Morgan fingerprint density at radius 1 is 0.889 bits per heavy atom. The molecule has 0 aliphatic heterocycles. The van der Waals surface area contributed by atoms with Crippen LogP contribution in [0.25, 0.3) is 0 Å². The minimum atomic E-state index is -3.30. The number of amides is 1. The summed E-state index contributed by atoms with van der Waals surface area (Å²) >= 11 is 0. The van der Waals surface area contributed by atoms with E-state index < -0.39 is 33.1 Å². The van der Waals surface area contributed by atoms with E-state index in [9.17, 15) is 4.79 Å². The minimum absolute atomic E-state index is 0.376. The van der Waals surface area contributed by atoms with E-state index in [-0.39, 0.29) is 0 Å². The first kappa shape index (κ1) is 26.2. The molecule has 0 bridgehead atoms. The number of methoxy groups -OCH3 is 1. The number of ether oxygens (including phenoxy) is 3. The largest absolute Gasteiger partial charge is 0.527 e. The van der Waals surface area contributed by atoms with Gasteiger partial charge in [0.05, 0.1) is 0 Å². The van der Waals surface area contributed by atoms with Crippen molar-refractivity contribution in [2.75, 3.05) is 33.5 Å². The molecule has 27 heavy (non-hydrogen) atoms.